The smallest absolute Gasteiger partial charge is 0.261 e. The normalized spacial score (nSPS) is 26.4. The van der Waals surface area contributed by atoms with Gasteiger partial charge in [0.1, 0.15) is 22.8 Å². The molecule has 4 atom stereocenters. The quantitative estimate of drug-likeness (QED) is 0.281. The fourth-order valence-corrected chi connectivity index (χ4v) is 7.21. The molecule has 0 heterocycles. The minimum atomic E-state index is -4.01. The van der Waals surface area contributed by atoms with Gasteiger partial charge < -0.3 is 26.2 Å². The van der Waals surface area contributed by atoms with Crippen molar-refractivity contribution < 1.29 is 43.2 Å². The molecule has 2 aromatic carbocycles. The van der Waals surface area contributed by atoms with Crippen molar-refractivity contribution in [1.29, 1.82) is 0 Å². The third-order valence-corrected chi connectivity index (χ3v) is 9.23. The van der Waals surface area contributed by atoms with Crippen molar-refractivity contribution in [2.75, 3.05) is 18.8 Å². The molecular formula is C27H27N3O9S. The largest absolute Gasteiger partial charge is 0.510 e. The zero-order valence-electron chi connectivity index (χ0n) is 21.5. The summed E-state index contributed by atoms with van der Waals surface area (Å²) in [6, 6.07) is 8.90. The predicted molar refractivity (Wildman–Crippen MR) is 141 cm³/mol. The molecule has 0 unspecified atom stereocenters. The Labute approximate surface area is 229 Å². The van der Waals surface area contributed by atoms with Crippen LogP contribution in [0.1, 0.15) is 22.3 Å². The Bertz CT molecular complexity index is 1650. The zero-order valence-corrected chi connectivity index (χ0v) is 22.3. The van der Waals surface area contributed by atoms with E-state index in [4.69, 9.17) is 5.73 Å². The maximum absolute atomic E-state index is 13.6. The number of ketones is 2. The number of rotatable bonds is 5. The van der Waals surface area contributed by atoms with Crippen molar-refractivity contribution in [1.82, 2.24) is 4.90 Å². The number of nitrogens with two attached hydrogens (primary N) is 1. The van der Waals surface area contributed by atoms with Crippen LogP contribution in [-0.4, -0.2) is 77.0 Å². The van der Waals surface area contributed by atoms with E-state index in [9.17, 15) is 43.2 Å². The first-order valence-electron chi connectivity index (χ1n) is 12.3. The number of carbonyl (C=O) groups is 3. The molecule has 0 aromatic heterocycles. The van der Waals surface area contributed by atoms with Crippen LogP contribution < -0.4 is 10.5 Å². The number of amides is 1. The van der Waals surface area contributed by atoms with E-state index < -0.39 is 73.8 Å². The predicted octanol–water partition coefficient (Wildman–Crippen LogP) is 0.921. The first-order chi connectivity index (χ1) is 18.7. The standard InChI is InChI=1S/C27H27N3O9S/c1-30(2)21-16-10-13-8-12-9-14(29-40(38,39)15-6-4-3-5-7-15)11-17(31)18(12)22(32)19(13)24(34)27(16,37)25(35)20(23(21)33)26(28)36/h3-7,9,11,13,16,21,29,31,33-34,37H,8,10H2,1-2H3,(H2,28,36)/t13-,16-,21-,27-/m0/s1. The third kappa shape index (κ3) is 3.88. The Morgan fingerprint density at radius 1 is 1.10 bits per heavy atom. The number of benzene rings is 2. The Morgan fingerprint density at radius 2 is 1.75 bits per heavy atom. The number of Topliss-reactive ketones (excluding diaryl/α,β-unsaturated/α-hetero) is 2. The molecule has 2 aromatic rings. The lowest BCUT2D eigenvalue weighted by Gasteiger charge is -2.50. The summed E-state index contributed by atoms with van der Waals surface area (Å²) < 4.78 is 28.0. The number of aromatic hydroxyl groups is 1. The molecule has 210 valence electrons. The van der Waals surface area contributed by atoms with Crippen molar-refractivity contribution in [3.63, 3.8) is 0 Å². The highest BCUT2D eigenvalue weighted by Crippen LogP contribution is 2.52. The fraction of sp³-hybridized carbons (Fsp3) is 0.296. The van der Waals surface area contributed by atoms with Crippen LogP contribution in [0.4, 0.5) is 5.69 Å². The maximum Gasteiger partial charge on any atom is 0.261 e. The number of aliphatic hydroxyl groups is 3. The van der Waals surface area contributed by atoms with Gasteiger partial charge >= 0.3 is 0 Å². The van der Waals surface area contributed by atoms with Crippen molar-refractivity contribution in [2.24, 2.45) is 17.6 Å². The Kier molecular flexibility index (Phi) is 6.28. The van der Waals surface area contributed by atoms with Gasteiger partial charge in [-0.15, -0.1) is 0 Å². The van der Waals surface area contributed by atoms with Crippen molar-refractivity contribution in [2.45, 2.75) is 29.4 Å². The number of anilines is 1. The van der Waals surface area contributed by atoms with E-state index in [0.717, 1.165) is 6.07 Å². The zero-order chi connectivity index (χ0) is 29.3. The summed E-state index contributed by atoms with van der Waals surface area (Å²) in [6.45, 7) is 0. The number of phenolic OH excluding ortho intramolecular Hbond substituents is 1. The Hall–Kier alpha value is -4.20. The number of aliphatic hydroxyl groups excluding tert-OH is 2. The number of primary amides is 1. The summed E-state index contributed by atoms with van der Waals surface area (Å²) in [6.07, 6.45) is -0.0461. The number of sulfonamides is 1. The number of hydrogen-bond acceptors (Lipinski definition) is 10. The van der Waals surface area contributed by atoms with Crippen LogP contribution in [0.5, 0.6) is 5.75 Å². The highest BCUT2D eigenvalue weighted by Gasteiger charge is 2.63. The van der Waals surface area contributed by atoms with Crippen LogP contribution in [0.15, 0.2) is 70.0 Å². The van der Waals surface area contributed by atoms with Gasteiger partial charge in [-0.2, -0.15) is 0 Å². The third-order valence-electron chi connectivity index (χ3n) is 7.84. The van der Waals surface area contributed by atoms with Crippen LogP contribution in [0.3, 0.4) is 0 Å². The van der Waals surface area contributed by atoms with Crippen LogP contribution >= 0.6 is 0 Å². The van der Waals surface area contributed by atoms with Crippen molar-refractivity contribution in [3.8, 4) is 5.75 Å². The SMILES string of the molecule is CN(C)[C@@H]1C(O)=C(C(N)=O)C(=O)[C@@]2(O)C(O)=C3C(=O)c4c(O)cc(NS(=O)(=O)c5ccccc5)cc4C[C@H]3C[C@@H]12. The van der Waals surface area contributed by atoms with Gasteiger partial charge in [0.15, 0.2) is 11.4 Å². The molecule has 0 radical (unpaired) electrons. The van der Waals surface area contributed by atoms with Gasteiger partial charge in [-0.3, -0.25) is 24.0 Å². The monoisotopic (exact) mass is 569 g/mol. The van der Waals surface area contributed by atoms with E-state index in [1.165, 1.54) is 37.2 Å². The minimum Gasteiger partial charge on any atom is -0.510 e. The molecule has 0 saturated heterocycles. The molecule has 0 bridgehead atoms. The molecule has 0 aliphatic heterocycles. The number of carbonyl (C=O) groups excluding carboxylic acids is 3. The number of nitrogens with zero attached hydrogens (tertiary/aromatic N) is 1. The van der Waals surface area contributed by atoms with Gasteiger partial charge in [-0.25, -0.2) is 8.42 Å². The van der Waals surface area contributed by atoms with Gasteiger partial charge in [-0.1, -0.05) is 18.2 Å². The lowest BCUT2D eigenvalue weighted by Crippen LogP contribution is -2.63. The second-order valence-corrected chi connectivity index (χ2v) is 12.1. The van der Waals surface area contributed by atoms with Crippen LogP contribution in [0, 0.1) is 11.8 Å². The molecule has 3 aliphatic rings. The van der Waals surface area contributed by atoms with Crippen LogP contribution in [0.25, 0.3) is 0 Å². The average Bonchev–Trinajstić information content (AvgIpc) is 2.86. The summed E-state index contributed by atoms with van der Waals surface area (Å²) in [5, 5.41) is 44.5. The highest BCUT2D eigenvalue weighted by atomic mass is 32.2. The van der Waals surface area contributed by atoms with Gasteiger partial charge in [0.2, 0.25) is 5.78 Å². The van der Waals surface area contributed by atoms with E-state index in [-0.39, 0.29) is 40.1 Å². The molecule has 0 fully saturated rings. The summed E-state index contributed by atoms with van der Waals surface area (Å²) in [7, 11) is -0.933. The number of phenols is 1. The lowest BCUT2D eigenvalue weighted by atomic mass is 9.58. The Morgan fingerprint density at radius 3 is 2.35 bits per heavy atom. The molecular weight excluding hydrogens is 542 g/mol. The van der Waals surface area contributed by atoms with E-state index in [1.807, 2.05) is 0 Å². The van der Waals surface area contributed by atoms with Crippen LogP contribution in [-0.2, 0) is 26.0 Å². The van der Waals surface area contributed by atoms with Gasteiger partial charge in [0, 0.05) is 17.6 Å². The first-order valence-corrected chi connectivity index (χ1v) is 13.8. The van der Waals surface area contributed by atoms with Gasteiger partial charge in [0.05, 0.1) is 22.2 Å². The van der Waals surface area contributed by atoms with E-state index >= 15 is 0 Å². The summed E-state index contributed by atoms with van der Waals surface area (Å²) in [5.41, 5.74) is 1.47. The molecule has 7 N–H and O–H groups in total. The summed E-state index contributed by atoms with van der Waals surface area (Å²) in [4.78, 5) is 40.4. The topological polar surface area (TPSA) is 208 Å². The number of hydrogen-bond donors (Lipinski definition) is 6. The molecule has 40 heavy (non-hydrogen) atoms. The molecule has 0 saturated carbocycles. The molecule has 3 aliphatic carbocycles. The van der Waals surface area contributed by atoms with Crippen molar-refractivity contribution >= 4 is 33.2 Å². The summed E-state index contributed by atoms with van der Waals surface area (Å²) in [5.74, 6) is -7.62. The Balaban J connectivity index is 1.60. The summed E-state index contributed by atoms with van der Waals surface area (Å²) >= 11 is 0. The van der Waals surface area contributed by atoms with Gasteiger partial charge in [0.25, 0.3) is 15.9 Å². The second-order valence-electron chi connectivity index (χ2n) is 10.4. The van der Waals surface area contributed by atoms with E-state index in [1.54, 1.807) is 18.2 Å². The minimum absolute atomic E-state index is 0.00237. The molecule has 12 nitrogen and oxygen atoms in total. The number of fused-ring (bicyclic) bond motifs is 3. The highest BCUT2D eigenvalue weighted by molar-refractivity contribution is 7.92. The molecule has 0 spiro atoms. The van der Waals surface area contributed by atoms with Gasteiger partial charge in [-0.05, 0) is 56.6 Å². The van der Waals surface area contributed by atoms with E-state index in [2.05, 4.69) is 4.72 Å². The number of nitrogens with one attached hydrogen (secondary N) is 1. The number of allylic oxidation sites excluding steroid dienone is 1. The molecule has 13 heteroatoms. The molecule has 1 amide bonds. The molecule has 5 rings (SSSR count). The fourth-order valence-electron chi connectivity index (χ4n) is 6.15. The van der Waals surface area contributed by atoms with Crippen LogP contribution in [0.2, 0.25) is 0 Å². The number of likely N-dealkylation sites (N-methyl/N-ethyl adjacent to an activating group) is 1. The lowest BCUT2D eigenvalue weighted by molar-refractivity contribution is -0.148. The second kappa shape index (κ2) is 9.18. The average molecular weight is 570 g/mol. The maximum atomic E-state index is 13.6. The first kappa shape index (κ1) is 27.4. The van der Waals surface area contributed by atoms with Crippen molar-refractivity contribution in [3.05, 3.63) is 76.3 Å². The van der Waals surface area contributed by atoms with E-state index in [0.29, 0.717) is 0 Å².